The zero-order valence-electron chi connectivity index (χ0n) is 18.4. The van der Waals surface area contributed by atoms with Crippen molar-refractivity contribution in [1.29, 1.82) is 10.5 Å². The molecule has 0 bridgehead atoms. The first-order valence-corrected chi connectivity index (χ1v) is 11.5. The van der Waals surface area contributed by atoms with Crippen molar-refractivity contribution in [2.24, 2.45) is 0 Å². The summed E-state index contributed by atoms with van der Waals surface area (Å²) >= 11 is 8.21. The minimum absolute atomic E-state index is 0.0776. The van der Waals surface area contributed by atoms with Crippen LogP contribution >= 0.6 is 34.2 Å². The van der Waals surface area contributed by atoms with Gasteiger partial charge < -0.3 is 14.8 Å². The fourth-order valence-corrected chi connectivity index (χ4v) is 4.01. The molecule has 0 fully saturated rings. The van der Waals surface area contributed by atoms with Gasteiger partial charge in [-0.15, -0.1) is 0 Å². The molecule has 0 spiro atoms. The van der Waals surface area contributed by atoms with Gasteiger partial charge in [-0.2, -0.15) is 10.5 Å². The quantitative estimate of drug-likeness (QED) is 0.201. The largest absolute Gasteiger partial charge is 0.493 e. The van der Waals surface area contributed by atoms with E-state index in [0.717, 1.165) is 14.7 Å². The third-order valence-corrected chi connectivity index (χ3v) is 6.08. The van der Waals surface area contributed by atoms with Gasteiger partial charge in [0.15, 0.2) is 11.5 Å². The molecule has 34 heavy (non-hydrogen) atoms. The predicted octanol–water partition coefficient (Wildman–Crippen LogP) is 6.26. The van der Waals surface area contributed by atoms with Crippen LogP contribution in [0.4, 0.5) is 5.69 Å². The number of nitrogens with one attached hydrogen (secondary N) is 1. The van der Waals surface area contributed by atoms with Crippen molar-refractivity contribution in [2.75, 3.05) is 12.4 Å². The van der Waals surface area contributed by atoms with Crippen LogP contribution in [0.5, 0.6) is 11.5 Å². The Kier molecular flexibility index (Phi) is 8.53. The fourth-order valence-electron chi connectivity index (χ4n) is 3.05. The van der Waals surface area contributed by atoms with Gasteiger partial charge in [-0.25, -0.2) is 0 Å². The van der Waals surface area contributed by atoms with E-state index in [0.29, 0.717) is 33.3 Å². The van der Waals surface area contributed by atoms with Crippen molar-refractivity contribution in [1.82, 2.24) is 0 Å². The topological polar surface area (TPSA) is 95.1 Å². The van der Waals surface area contributed by atoms with E-state index in [4.69, 9.17) is 21.1 Å². The van der Waals surface area contributed by atoms with Crippen molar-refractivity contribution >= 4 is 51.9 Å². The normalized spacial score (nSPS) is 10.7. The number of anilines is 1. The highest BCUT2D eigenvalue weighted by atomic mass is 127. The number of carbonyl (C=O) groups excluding carboxylic acids is 1. The molecule has 1 N–H and O–H groups in total. The number of rotatable bonds is 7. The molecule has 0 radical (unpaired) electrons. The highest BCUT2D eigenvalue weighted by Crippen LogP contribution is 2.35. The summed E-state index contributed by atoms with van der Waals surface area (Å²) in [6.07, 6.45) is 1.48. The highest BCUT2D eigenvalue weighted by Gasteiger charge is 2.15. The molecule has 0 aliphatic carbocycles. The summed E-state index contributed by atoms with van der Waals surface area (Å²) in [4.78, 5) is 12.6. The fraction of sp³-hybridized carbons (Fsp3) is 0.115. The molecule has 170 valence electrons. The van der Waals surface area contributed by atoms with Crippen molar-refractivity contribution in [3.8, 4) is 23.6 Å². The Bertz CT molecular complexity index is 1360. The number of carbonyl (C=O) groups is 1. The van der Waals surface area contributed by atoms with Gasteiger partial charge in [0.1, 0.15) is 18.2 Å². The second-order valence-electron chi connectivity index (χ2n) is 7.18. The molecule has 0 saturated heterocycles. The second kappa shape index (κ2) is 11.6. The Balaban J connectivity index is 1.84. The van der Waals surface area contributed by atoms with Gasteiger partial charge in [-0.05, 0) is 77.0 Å². The van der Waals surface area contributed by atoms with Crippen LogP contribution < -0.4 is 14.8 Å². The van der Waals surface area contributed by atoms with Crippen molar-refractivity contribution in [2.45, 2.75) is 13.5 Å². The smallest absolute Gasteiger partial charge is 0.266 e. The van der Waals surface area contributed by atoms with Crippen LogP contribution in [0.25, 0.3) is 6.08 Å². The number of benzene rings is 3. The Hall–Kier alpha value is -3.53. The first kappa shape index (κ1) is 25.1. The number of nitriles is 2. The van der Waals surface area contributed by atoms with Crippen molar-refractivity contribution in [3.05, 3.63) is 91.0 Å². The molecule has 3 aromatic rings. The number of nitrogens with zero attached hydrogens (tertiary/aromatic N) is 2. The van der Waals surface area contributed by atoms with Gasteiger partial charge in [-0.3, -0.25) is 4.79 Å². The lowest BCUT2D eigenvalue weighted by atomic mass is 10.1. The lowest BCUT2D eigenvalue weighted by molar-refractivity contribution is -0.112. The van der Waals surface area contributed by atoms with Crippen LogP contribution in [0.3, 0.4) is 0 Å². The first-order chi connectivity index (χ1) is 16.4. The summed E-state index contributed by atoms with van der Waals surface area (Å²) in [7, 11) is 1.51. The molecule has 0 saturated carbocycles. The average Bonchev–Trinajstić information content (AvgIpc) is 2.83. The zero-order chi connectivity index (χ0) is 24.7. The van der Waals surface area contributed by atoms with E-state index in [1.165, 1.54) is 13.2 Å². The van der Waals surface area contributed by atoms with Crippen LogP contribution in [-0.2, 0) is 11.4 Å². The number of amides is 1. The zero-order valence-corrected chi connectivity index (χ0v) is 21.3. The number of halogens is 2. The standard InChI is InChI=1S/C26H19ClIN3O3/c1-16-7-8-21(12-22(16)27)31-26(32)20(14-30)9-17-10-23(28)25(24(11-17)33-2)34-15-19-6-4-3-5-18(19)13-29/h3-12H,15H2,1-2H3,(H,31,32)/b20-9-. The maximum atomic E-state index is 12.6. The molecule has 0 aliphatic rings. The highest BCUT2D eigenvalue weighted by molar-refractivity contribution is 14.1. The summed E-state index contributed by atoms with van der Waals surface area (Å²) in [6, 6.07) is 19.9. The number of methoxy groups -OCH3 is 1. The molecule has 0 atom stereocenters. The molecule has 3 aromatic carbocycles. The van der Waals surface area contributed by atoms with Crippen LogP contribution in [0.2, 0.25) is 5.02 Å². The molecular formula is C26H19ClIN3O3. The lowest BCUT2D eigenvalue weighted by Crippen LogP contribution is -2.13. The average molecular weight is 584 g/mol. The minimum atomic E-state index is -0.551. The molecule has 0 aromatic heterocycles. The third-order valence-electron chi connectivity index (χ3n) is 4.87. The minimum Gasteiger partial charge on any atom is -0.493 e. The third kappa shape index (κ3) is 6.07. The molecule has 6 nitrogen and oxygen atoms in total. The van der Waals surface area contributed by atoms with E-state index in [2.05, 4.69) is 34.0 Å². The monoisotopic (exact) mass is 583 g/mol. The van der Waals surface area contributed by atoms with Gasteiger partial charge in [0.2, 0.25) is 0 Å². The number of hydrogen-bond donors (Lipinski definition) is 1. The van der Waals surface area contributed by atoms with E-state index in [9.17, 15) is 15.3 Å². The van der Waals surface area contributed by atoms with Crippen LogP contribution in [0.1, 0.15) is 22.3 Å². The second-order valence-corrected chi connectivity index (χ2v) is 8.75. The molecule has 1 amide bonds. The van der Waals surface area contributed by atoms with Crippen LogP contribution in [0, 0.1) is 33.2 Å². The Morgan fingerprint density at radius 3 is 2.62 bits per heavy atom. The Morgan fingerprint density at radius 2 is 1.94 bits per heavy atom. The predicted molar refractivity (Wildman–Crippen MR) is 140 cm³/mol. The Labute approximate surface area is 216 Å². The van der Waals surface area contributed by atoms with Gasteiger partial charge in [0, 0.05) is 16.3 Å². The summed E-state index contributed by atoms with van der Waals surface area (Å²) in [5, 5.41) is 22.0. The van der Waals surface area contributed by atoms with E-state index in [-0.39, 0.29) is 12.2 Å². The van der Waals surface area contributed by atoms with Crippen molar-refractivity contribution in [3.63, 3.8) is 0 Å². The lowest BCUT2D eigenvalue weighted by Gasteiger charge is -2.14. The molecule has 0 heterocycles. The molecular weight excluding hydrogens is 565 g/mol. The number of aryl methyl sites for hydroxylation is 1. The number of ether oxygens (including phenoxy) is 2. The summed E-state index contributed by atoms with van der Waals surface area (Å²) in [5.41, 5.74) is 3.19. The summed E-state index contributed by atoms with van der Waals surface area (Å²) < 4.78 is 12.2. The van der Waals surface area contributed by atoms with Gasteiger partial charge in [0.25, 0.3) is 5.91 Å². The van der Waals surface area contributed by atoms with Gasteiger partial charge in [0.05, 0.1) is 22.3 Å². The van der Waals surface area contributed by atoms with Crippen LogP contribution in [0.15, 0.2) is 60.2 Å². The molecule has 0 aliphatic heterocycles. The van der Waals surface area contributed by atoms with Crippen LogP contribution in [-0.4, -0.2) is 13.0 Å². The molecule has 8 heteroatoms. The summed E-state index contributed by atoms with van der Waals surface area (Å²) in [6.45, 7) is 2.05. The molecule has 0 unspecified atom stereocenters. The van der Waals surface area contributed by atoms with Gasteiger partial charge >= 0.3 is 0 Å². The number of hydrogen-bond acceptors (Lipinski definition) is 5. The van der Waals surface area contributed by atoms with E-state index < -0.39 is 5.91 Å². The molecule has 3 rings (SSSR count). The summed E-state index contributed by atoms with van der Waals surface area (Å²) in [5.74, 6) is 0.394. The maximum Gasteiger partial charge on any atom is 0.266 e. The van der Waals surface area contributed by atoms with E-state index in [1.54, 1.807) is 42.5 Å². The Morgan fingerprint density at radius 1 is 1.18 bits per heavy atom. The van der Waals surface area contributed by atoms with E-state index in [1.807, 2.05) is 25.1 Å². The SMILES string of the molecule is COc1cc(/C=C(/C#N)C(=O)Nc2ccc(C)c(Cl)c2)cc(I)c1OCc1ccccc1C#N. The van der Waals surface area contributed by atoms with Gasteiger partial charge in [-0.1, -0.05) is 35.9 Å². The maximum absolute atomic E-state index is 12.6. The van der Waals surface area contributed by atoms with E-state index >= 15 is 0 Å². The van der Waals surface area contributed by atoms with Crippen molar-refractivity contribution < 1.29 is 14.3 Å². The first-order valence-electron chi connectivity index (χ1n) is 10.0.